The zero-order chi connectivity index (χ0) is 58.0. The van der Waals surface area contributed by atoms with Crippen molar-refractivity contribution >= 4 is 19.7 Å². The first-order valence-electron chi connectivity index (χ1n) is 32.2. The molecule has 19 atom stereocenters. The summed E-state index contributed by atoms with van der Waals surface area (Å²) in [5.41, 5.74) is 2.49. The Morgan fingerprint density at radius 3 is 1.48 bits per heavy atom. The van der Waals surface area contributed by atoms with Crippen molar-refractivity contribution in [2.75, 3.05) is 12.4 Å². The predicted octanol–water partition coefficient (Wildman–Crippen LogP) is 16.1. The second-order valence-corrected chi connectivity index (χ2v) is 35.0. The number of ether oxygens (including phenoxy) is 1. The topological polar surface area (TPSA) is 142 Å². The Morgan fingerprint density at radius 1 is 0.617 bits per heavy atom. The molecule has 11 rings (SSSR count). The number of epoxide rings is 1. The monoisotopic (exact) mass is 1160 g/mol. The van der Waals surface area contributed by atoms with Crippen LogP contribution >= 0.6 is 0 Å². The second-order valence-electron chi connectivity index (χ2n) is 30.8. The molecule has 7 fully saturated rings. The van der Waals surface area contributed by atoms with Gasteiger partial charge in [-0.1, -0.05) is 150 Å². The van der Waals surface area contributed by atoms with Crippen molar-refractivity contribution in [2.45, 2.75) is 251 Å². The Bertz CT molecular complexity index is 2720. The number of aliphatic hydroxyl groups is 3. The van der Waals surface area contributed by atoms with Crippen LogP contribution in [0.15, 0.2) is 93.8 Å². The molecule has 8 aliphatic carbocycles. The SMILES string of the molecule is C.CC(C)(C)C1CO1.CC[C@]1(O)CC[C@H]2C(=CC[C@@H]3[C@@H]2CC[C@]2(C)[C@@H]([C@H](C)C(CC(O)C(C)(C)C)S(=O)(=O)c4ccccc4)CC[C@@H]32)C1.CC[C@]1(O)CC[C@H]2C(=CC[C@@H]3[C@@H]2CC[C@]2(C)[C@@H]([C@H](C)CS(=O)(=O)c4ccccc4)CC[C@@H]32)C1. The third kappa shape index (κ3) is 13.2. The van der Waals surface area contributed by atoms with E-state index in [0.29, 0.717) is 68.7 Å². The standard InChI is InChI=1S/C35H54O4S.C29H42O3S.C6H12O.CH4/c1-7-35(37)20-18-26-24(22-35)13-14-28-27(26)17-19-34(6)29(15-16-30(28)34)23(2)31(21-32(36)33(3,4)5)40(38,39)25-11-9-8-10-12-25;1-4-29(30)17-15-23-21(18-29)10-11-25-24(23)14-16-28(3)26(12-13-27(25)28)20(2)19-33(31,32)22-8-6-5-7-9-22;1-6(2,3)5-4-7-5;/h8-13,23,26-32,36-37H,7,14-22H2,1-6H3;5-10,20,23-27,30H,4,11-19H2,1-3H3;5H,4H2,1-3H3;1H4/t23-,26-,27+,28+,29+,30-,31?,32?,34+,35-;20-,23+,24-,25-,26-,27+,28-,29+;;/m01../s1. The van der Waals surface area contributed by atoms with E-state index in [9.17, 15) is 32.2 Å². The molecule has 1 saturated heterocycles. The molecule has 81 heavy (non-hydrogen) atoms. The van der Waals surface area contributed by atoms with Gasteiger partial charge in [-0.15, -0.1) is 0 Å². The van der Waals surface area contributed by atoms with Crippen molar-refractivity contribution in [3.8, 4) is 0 Å². The number of fused-ring (bicyclic) bond motifs is 10. The number of benzene rings is 2. The normalized spacial score (nSPS) is 38.5. The smallest absolute Gasteiger partial charge is 0.181 e. The maximum Gasteiger partial charge on any atom is 0.181 e. The Hall–Kier alpha value is -2.34. The van der Waals surface area contributed by atoms with Gasteiger partial charge in [0.2, 0.25) is 0 Å². The number of rotatable bonds is 12. The highest BCUT2D eigenvalue weighted by atomic mass is 32.2. The van der Waals surface area contributed by atoms with Gasteiger partial charge in [0.15, 0.2) is 19.7 Å². The lowest BCUT2D eigenvalue weighted by atomic mass is 9.50. The lowest BCUT2D eigenvalue weighted by molar-refractivity contribution is -0.0468. The summed E-state index contributed by atoms with van der Waals surface area (Å²) in [6, 6.07) is 17.9. The average Bonchev–Trinajstić information content (AvgIpc) is 2.65. The van der Waals surface area contributed by atoms with Crippen LogP contribution in [0.25, 0.3) is 0 Å². The van der Waals surface area contributed by atoms with Crippen LogP contribution in [0, 0.1) is 92.7 Å². The molecule has 0 aromatic heterocycles. The third-order valence-electron chi connectivity index (χ3n) is 24.4. The molecule has 8 nitrogen and oxygen atoms in total. The molecule has 456 valence electrons. The highest BCUT2D eigenvalue weighted by molar-refractivity contribution is 7.92. The van der Waals surface area contributed by atoms with Crippen LogP contribution in [0.1, 0.15) is 213 Å². The summed E-state index contributed by atoms with van der Waals surface area (Å²) >= 11 is 0. The minimum atomic E-state index is -3.60. The van der Waals surface area contributed by atoms with Crippen molar-refractivity contribution in [1.82, 2.24) is 0 Å². The minimum Gasteiger partial charge on any atom is -0.393 e. The summed E-state index contributed by atoms with van der Waals surface area (Å²) in [7, 11) is -6.85. The van der Waals surface area contributed by atoms with E-state index in [1.807, 2.05) is 45.0 Å². The van der Waals surface area contributed by atoms with Crippen LogP contribution in [0.5, 0.6) is 0 Å². The van der Waals surface area contributed by atoms with Crippen molar-refractivity contribution in [3.63, 3.8) is 0 Å². The molecule has 0 spiro atoms. The lowest BCUT2D eigenvalue weighted by Gasteiger charge is -2.55. The van der Waals surface area contributed by atoms with Crippen LogP contribution in [-0.2, 0) is 24.4 Å². The molecule has 2 aromatic rings. The fourth-order valence-electron chi connectivity index (χ4n) is 19.2. The fraction of sp³-hybridized carbons (Fsp3) is 0.775. The van der Waals surface area contributed by atoms with E-state index in [-0.39, 0.29) is 47.7 Å². The minimum absolute atomic E-state index is 0. The molecule has 6 saturated carbocycles. The van der Waals surface area contributed by atoms with Gasteiger partial charge in [-0.05, 0) is 239 Å². The van der Waals surface area contributed by atoms with Crippen LogP contribution in [0.2, 0.25) is 0 Å². The van der Waals surface area contributed by atoms with Crippen LogP contribution in [-0.4, -0.2) is 73.2 Å². The van der Waals surface area contributed by atoms with E-state index in [1.54, 1.807) is 42.0 Å². The highest BCUT2D eigenvalue weighted by Crippen LogP contribution is 2.67. The number of hydrogen-bond acceptors (Lipinski definition) is 8. The van der Waals surface area contributed by atoms with Crippen LogP contribution in [0.4, 0.5) is 0 Å². The summed E-state index contributed by atoms with van der Waals surface area (Å²) < 4.78 is 59.6. The van der Waals surface area contributed by atoms with Gasteiger partial charge in [0.05, 0.1) is 50.8 Å². The van der Waals surface area contributed by atoms with Gasteiger partial charge in [-0.3, -0.25) is 0 Å². The third-order valence-corrected chi connectivity index (χ3v) is 28.7. The van der Waals surface area contributed by atoms with E-state index < -0.39 is 42.2 Å². The van der Waals surface area contributed by atoms with Crippen LogP contribution < -0.4 is 0 Å². The van der Waals surface area contributed by atoms with E-state index in [0.717, 1.165) is 89.1 Å². The van der Waals surface area contributed by atoms with Gasteiger partial charge in [-0.2, -0.15) is 0 Å². The molecule has 10 heteroatoms. The molecule has 0 bridgehead atoms. The summed E-state index contributed by atoms with van der Waals surface area (Å²) in [5, 5.41) is 32.5. The Balaban J connectivity index is 0.000000190. The molecule has 0 amide bonds. The molecule has 2 aromatic carbocycles. The van der Waals surface area contributed by atoms with Gasteiger partial charge in [-0.25, -0.2) is 16.8 Å². The predicted molar refractivity (Wildman–Crippen MR) is 332 cm³/mol. The maximum absolute atomic E-state index is 14.2. The zero-order valence-corrected chi connectivity index (χ0v) is 53.3. The summed E-state index contributed by atoms with van der Waals surface area (Å²) in [6.07, 6.45) is 24.6. The fourth-order valence-corrected chi connectivity index (χ4v) is 23.0. The maximum atomic E-state index is 14.2. The number of sulfone groups is 2. The molecule has 9 aliphatic rings. The average molecular weight is 1160 g/mol. The Labute approximate surface area is 493 Å². The Kier molecular flexibility index (Phi) is 19.5. The van der Waals surface area contributed by atoms with Gasteiger partial charge in [0.1, 0.15) is 0 Å². The van der Waals surface area contributed by atoms with E-state index >= 15 is 0 Å². The molecular weight excluding hydrogens is 1040 g/mol. The second kappa shape index (κ2) is 24.4. The van der Waals surface area contributed by atoms with Gasteiger partial charge >= 0.3 is 0 Å². The lowest BCUT2D eigenvalue weighted by Crippen LogP contribution is -2.49. The van der Waals surface area contributed by atoms with Crippen molar-refractivity contribution in [3.05, 3.63) is 84.0 Å². The number of allylic oxidation sites excluding steroid dienone is 2. The summed E-state index contributed by atoms with van der Waals surface area (Å²) in [6.45, 7) is 27.1. The Morgan fingerprint density at radius 2 is 1.06 bits per heavy atom. The summed E-state index contributed by atoms with van der Waals surface area (Å²) in [4.78, 5) is 0.847. The molecule has 3 N–H and O–H groups in total. The zero-order valence-electron chi connectivity index (χ0n) is 51.6. The largest absolute Gasteiger partial charge is 0.393 e. The van der Waals surface area contributed by atoms with E-state index in [4.69, 9.17) is 4.74 Å². The molecule has 3 unspecified atom stereocenters. The van der Waals surface area contributed by atoms with Crippen molar-refractivity contribution in [1.29, 1.82) is 0 Å². The summed E-state index contributed by atoms with van der Waals surface area (Å²) in [5.74, 6) is 6.77. The number of aliphatic hydroxyl groups excluding tert-OH is 1. The molecular formula is C71H112O8S2. The van der Waals surface area contributed by atoms with Gasteiger partial charge in [0, 0.05) is 0 Å². The first kappa shape index (κ1) is 64.7. The van der Waals surface area contributed by atoms with Crippen molar-refractivity contribution < 1.29 is 36.9 Å². The first-order chi connectivity index (χ1) is 37.5. The first-order valence-corrected chi connectivity index (χ1v) is 35.4. The van der Waals surface area contributed by atoms with Gasteiger partial charge < -0.3 is 20.1 Å². The van der Waals surface area contributed by atoms with E-state index in [1.165, 1.54) is 50.5 Å². The number of hydrogen-bond donors (Lipinski definition) is 3. The highest BCUT2D eigenvalue weighted by Gasteiger charge is 2.60. The molecule has 1 heterocycles. The molecule has 1 aliphatic heterocycles. The quantitative estimate of drug-likeness (QED) is 0.141. The van der Waals surface area contributed by atoms with Gasteiger partial charge in [0.25, 0.3) is 0 Å². The van der Waals surface area contributed by atoms with E-state index in [2.05, 4.69) is 74.5 Å². The van der Waals surface area contributed by atoms with Crippen LogP contribution in [0.3, 0.4) is 0 Å². The van der Waals surface area contributed by atoms with Crippen molar-refractivity contribution in [2.24, 2.45) is 92.7 Å². The molecule has 0 radical (unpaired) electrons.